The van der Waals surface area contributed by atoms with Crippen molar-refractivity contribution in [2.45, 2.75) is 71.4 Å². The average Bonchev–Trinajstić information content (AvgIpc) is 2.58. The fraction of sp³-hybridized carbons (Fsp3) is 1.00. The molecule has 5 unspecified atom stereocenters. The van der Waals surface area contributed by atoms with Gasteiger partial charge in [-0.2, -0.15) is 0 Å². The SMILES string of the molecule is CC1CCC(NC2CC(C)CCC2C)C1. The minimum Gasteiger partial charge on any atom is -0.311 e. The first-order valence-corrected chi connectivity index (χ1v) is 6.91. The van der Waals surface area contributed by atoms with E-state index in [2.05, 4.69) is 26.1 Å². The number of hydrogen-bond donors (Lipinski definition) is 1. The van der Waals surface area contributed by atoms with Crippen molar-refractivity contribution >= 4 is 0 Å². The maximum atomic E-state index is 3.93. The van der Waals surface area contributed by atoms with E-state index in [9.17, 15) is 0 Å². The Hall–Kier alpha value is -0.0400. The third kappa shape index (κ3) is 2.96. The predicted octanol–water partition coefficient (Wildman–Crippen LogP) is 3.59. The first kappa shape index (κ1) is 11.4. The van der Waals surface area contributed by atoms with E-state index in [-0.39, 0.29) is 0 Å². The van der Waals surface area contributed by atoms with Crippen LogP contribution in [-0.2, 0) is 0 Å². The van der Waals surface area contributed by atoms with Crippen molar-refractivity contribution < 1.29 is 0 Å². The Bertz CT molecular complexity index is 202. The van der Waals surface area contributed by atoms with Gasteiger partial charge in [0.2, 0.25) is 0 Å². The van der Waals surface area contributed by atoms with Crippen molar-refractivity contribution in [1.82, 2.24) is 5.32 Å². The minimum absolute atomic E-state index is 0.809. The van der Waals surface area contributed by atoms with Crippen LogP contribution in [0.15, 0.2) is 0 Å². The molecule has 0 aromatic carbocycles. The Morgan fingerprint density at radius 1 is 0.800 bits per heavy atom. The van der Waals surface area contributed by atoms with Gasteiger partial charge in [-0.15, -0.1) is 0 Å². The molecule has 2 aliphatic carbocycles. The molecule has 88 valence electrons. The third-order valence-electron chi connectivity index (χ3n) is 4.60. The normalized spacial score (nSPS) is 47.0. The Kier molecular flexibility index (Phi) is 3.71. The molecule has 2 saturated carbocycles. The molecule has 0 radical (unpaired) electrons. The molecule has 0 bridgehead atoms. The number of nitrogens with one attached hydrogen (secondary N) is 1. The molecule has 15 heavy (non-hydrogen) atoms. The summed E-state index contributed by atoms with van der Waals surface area (Å²) in [5.74, 6) is 2.80. The smallest absolute Gasteiger partial charge is 0.00978 e. The minimum atomic E-state index is 0.809. The van der Waals surface area contributed by atoms with E-state index in [4.69, 9.17) is 0 Å². The van der Waals surface area contributed by atoms with Crippen molar-refractivity contribution in [1.29, 1.82) is 0 Å². The van der Waals surface area contributed by atoms with E-state index in [1.807, 2.05) is 0 Å². The Morgan fingerprint density at radius 2 is 1.47 bits per heavy atom. The van der Waals surface area contributed by atoms with Crippen LogP contribution >= 0.6 is 0 Å². The molecule has 0 aromatic heterocycles. The van der Waals surface area contributed by atoms with Crippen LogP contribution in [0.25, 0.3) is 0 Å². The Morgan fingerprint density at radius 3 is 2.13 bits per heavy atom. The molecule has 0 spiro atoms. The van der Waals surface area contributed by atoms with E-state index < -0.39 is 0 Å². The van der Waals surface area contributed by atoms with Crippen molar-refractivity contribution in [2.24, 2.45) is 17.8 Å². The van der Waals surface area contributed by atoms with Crippen molar-refractivity contribution in [3.63, 3.8) is 0 Å². The highest BCUT2D eigenvalue weighted by Crippen LogP contribution is 2.31. The van der Waals surface area contributed by atoms with Crippen molar-refractivity contribution in [3.05, 3.63) is 0 Å². The van der Waals surface area contributed by atoms with Crippen LogP contribution in [0, 0.1) is 17.8 Å². The highest BCUT2D eigenvalue weighted by molar-refractivity contribution is 4.87. The summed E-state index contributed by atoms with van der Waals surface area (Å²) in [5.41, 5.74) is 0. The molecular weight excluding hydrogens is 182 g/mol. The van der Waals surface area contributed by atoms with E-state index in [1.54, 1.807) is 0 Å². The first-order chi connectivity index (χ1) is 7.15. The maximum absolute atomic E-state index is 3.93. The lowest BCUT2D eigenvalue weighted by Gasteiger charge is -2.35. The second-order valence-electron chi connectivity index (χ2n) is 6.28. The molecule has 0 amide bonds. The average molecular weight is 209 g/mol. The van der Waals surface area contributed by atoms with Crippen LogP contribution in [0.3, 0.4) is 0 Å². The van der Waals surface area contributed by atoms with E-state index in [1.165, 1.54) is 38.5 Å². The van der Waals surface area contributed by atoms with E-state index in [0.717, 1.165) is 29.8 Å². The fourth-order valence-corrected chi connectivity index (χ4v) is 3.43. The molecule has 5 atom stereocenters. The second kappa shape index (κ2) is 4.86. The van der Waals surface area contributed by atoms with Crippen LogP contribution in [0.4, 0.5) is 0 Å². The van der Waals surface area contributed by atoms with Gasteiger partial charge >= 0.3 is 0 Å². The summed E-state index contributed by atoms with van der Waals surface area (Å²) >= 11 is 0. The van der Waals surface area contributed by atoms with Crippen LogP contribution in [-0.4, -0.2) is 12.1 Å². The fourth-order valence-electron chi connectivity index (χ4n) is 3.43. The number of rotatable bonds is 2. The standard InChI is InChI=1S/C14H27N/c1-10-5-7-13(8-10)15-14-9-11(2)4-6-12(14)3/h10-15H,4-9H2,1-3H3. The molecule has 2 fully saturated rings. The summed E-state index contributed by atoms with van der Waals surface area (Å²) < 4.78 is 0. The van der Waals surface area contributed by atoms with Crippen LogP contribution in [0.5, 0.6) is 0 Å². The highest BCUT2D eigenvalue weighted by Gasteiger charge is 2.29. The number of hydrogen-bond acceptors (Lipinski definition) is 1. The Labute approximate surface area is 95.0 Å². The lowest BCUT2D eigenvalue weighted by atomic mass is 9.79. The first-order valence-electron chi connectivity index (χ1n) is 6.91. The molecule has 1 N–H and O–H groups in total. The summed E-state index contributed by atoms with van der Waals surface area (Å²) in [6, 6.07) is 1.64. The zero-order valence-corrected chi connectivity index (χ0v) is 10.6. The predicted molar refractivity (Wildman–Crippen MR) is 65.9 cm³/mol. The highest BCUT2D eigenvalue weighted by atomic mass is 15.0. The van der Waals surface area contributed by atoms with Gasteiger partial charge in [-0.25, -0.2) is 0 Å². The van der Waals surface area contributed by atoms with Crippen LogP contribution < -0.4 is 5.32 Å². The summed E-state index contributed by atoms with van der Waals surface area (Å²) in [5, 5.41) is 3.93. The third-order valence-corrected chi connectivity index (χ3v) is 4.60. The van der Waals surface area contributed by atoms with Crippen molar-refractivity contribution in [3.8, 4) is 0 Å². The summed E-state index contributed by atoms with van der Waals surface area (Å²) in [6.07, 6.45) is 8.55. The van der Waals surface area contributed by atoms with Crippen LogP contribution in [0.2, 0.25) is 0 Å². The van der Waals surface area contributed by atoms with Gasteiger partial charge in [-0.1, -0.05) is 27.2 Å². The van der Waals surface area contributed by atoms with Gasteiger partial charge in [-0.3, -0.25) is 0 Å². The molecular formula is C14H27N. The zero-order valence-electron chi connectivity index (χ0n) is 10.6. The lowest BCUT2D eigenvalue weighted by Crippen LogP contribution is -2.44. The molecule has 0 aliphatic heterocycles. The molecule has 2 aliphatic rings. The second-order valence-corrected chi connectivity index (χ2v) is 6.28. The van der Waals surface area contributed by atoms with Gasteiger partial charge in [-0.05, 0) is 49.9 Å². The van der Waals surface area contributed by atoms with E-state index >= 15 is 0 Å². The largest absolute Gasteiger partial charge is 0.311 e. The van der Waals surface area contributed by atoms with Crippen molar-refractivity contribution in [2.75, 3.05) is 0 Å². The van der Waals surface area contributed by atoms with Gasteiger partial charge in [0, 0.05) is 12.1 Å². The molecule has 1 nitrogen and oxygen atoms in total. The van der Waals surface area contributed by atoms with Gasteiger partial charge in [0.25, 0.3) is 0 Å². The summed E-state index contributed by atoms with van der Waals surface area (Å²) in [6.45, 7) is 7.24. The Balaban J connectivity index is 1.82. The van der Waals surface area contributed by atoms with Crippen LogP contribution in [0.1, 0.15) is 59.3 Å². The topological polar surface area (TPSA) is 12.0 Å². The quantitative estimate of drug-likeness (QED) is 0.733. The summed E-state index contributed by atoms with van der Waals surface area (Å²) in [4.78, 5) is 0. The molecule has 1 heteroatoms. The van der Waals surface area contributed by atoms with Gasteiger partial charge in [0.15, 0.2) is 0 Å². The summed E-state index contributed by atoms with van der Waals surface area (Å²) in [7, 11) is 0. The lowest BCUT2D eigenvalue weighted by molar-refractivity contribution is 0.212. The van der Waals surface area contributed by atoms with Gasteiger partial charge in [0.1, 0.15) is 0 Å². The molecule has 0 saturated heterocycles. The van der Waals surface area contributed by atoms with Gasteiger partial charge < -0.3 is 5.32 Å². The van der Waals surface area contributed by atoms with E-state index in [0.29, 0.717) is 0 Å². The maximum Gasteiger partial charge on any atom is 0.00978 e. The van der Waals surface area contributed by atoms with Gasteiger partial charge in [0.05, 0.1) is 0 Å². The zero-order chi connectivity index (χ0) is 10.8. The monoisotopic (exact) mass is 209 g/mol. The molecule has 2 rings (SSSR count). The molecule has 0 aromatic rings. The molecule has 0 heterocycles.